The van der Waals surface area contributed by atoms with Crippen molar-refractivity contribution in [1.82, 2.24) is 19.1 Å². The molecule has 0 saturated carbocycles. The van der Waals surface area contributed by atoms with E-state index in [-0.39, 0.29) is 22.5 Å². The van der Waals surface area contributed by atoms with Crippen molar-refractivity contribution in [3.05, 3.63) is 229 Å². The van der Waals surface area contributed by atoms with E-state index in [0.29, 0.717) is 55.7 Å². The fourth-order valence-corrected chi connectivity index (χ4v) is 10.1. The summed E-state index contributed by atoms with van der Waals surface area (Å²) in [5.41, 5.74) is 4.16. The molecule has 0 atom stereocenters. The minimum Gasteiger partial charge on any atom is -0.308 e. The molecule has 0 unspecified atom stereocenters. The quantitative estimate of drug-likeness (QED) is 0.150. The van der Waals surface area contributed by atoms with E-state index in [1.54, 1.807) is 45.8 Å². The Morgan fingerprint density at radius 2 is 0.764 bits per heavy atom. The number of pyridine rings is 2. The summed E-state index contributed by atoms with van der Waals surface area (Å²) in [7, 11) is 0. The van der Waals surface area contributed by atoms with Crippen molar-refractivity contribution in [3.8, 4) is 73.3 Å². The molecule has 346 valence electrons. The lowest BCUT2D eigenvalue weighted by Crippen LogP contribution is -2.16. The van der Waals surface area contributed by atoms with Gasteiger partial charge in [0.1, 0.15) is 0 Å². The number of para-hydroxylation sites is 2. The fourth-order valence-electron chi connectivity index (χ4n) is 10.1. The first-order chi connectivity index (χ1) is 34.9. The maximum atomic E-state index is 15.6. The van der Waals surface area contributed by atoms with E-state index in [0.717, 1.165) is 50.8 Å². The normalized spacial score (nSPS) is 12.0. The van der Waals surface area contributed by atoms with Crippen molar-refractivity contribution in [2.45, 2.75) is 12.4 Å². The molecule has 12 aromatic rings. The second-order valence-electron chi connectivity index (χ2n) is 17.5. The summed E-state index contributed by atoms with van der Waals surface area (Å²) in [5.74, 6) is 0. The summed E-state index contributed by atoms with van der Waals surface area (Å²) in [4.78, 5) is 9.45. The van der Waals surface area contributed by atoms with Gasteiger partial charge >= 0.3 is 12.4 Å². The molecule has 72 heavy (non-hydrogen) atoms. The largest absolute Gasteiger partial charge is 0.417 e. The average molecular weight is 952 g/mol. The third-order valence-electron chi connectivity index (χ3n) is 13.3. The Morgan fingerprint density at radius 3 is 1.17 bits per heavy atom. The predicted molar refractivity (Wildman–Crippen MR) is 273 cm³/mol. The maximum Gasteiger partial charge on any atom is 0.417 e. The number of nitriles is 1. The van der Waals surface area contributed by atoms with Gasteiger partial charge in [-0.2, -0.15) is 31.6 Å². The molecule has 0 aliphatic rings. The third-order valence-corrected chi connectivity index (χ3v) is 13.3. The van der Waals surface area contributed by atoms with Crippen LogP contribution in [0.5, 0.6) is 0 Å². The van der Waals surface area contributed by atoms with E-state index in [2.05, 4.69) is 6.07 Å². The van der Waals surface area contributed by atoms with Crippen molar-refractivity contribution in [1.29, 1.82) is 5.26 Å². The minimum absolute atomic E-state index is 0.0149. The molecular weight excluding hydrogens is 917 g/mol. The summed E-state index contributed by atoms with van der Waals surface area (Å²) in [6, 6.07) is 60.0. The smallest absolute Gasteiger partial charge is 0.308 e. The third kappa shape index (κ3) is 7.43. The van der Waals surface area contributed by atoms with Gasteiger partial charge in [-0.3, -0.25) is 9.97 Å². The summed E-state index contributed by atoms with van der Waals surface area (Å²) in [6.45, 7) is 0. The number of rotatable bonds is 7. The Bertz CT molecular complexity index is 3860. The topological polar surface area (TPSA) is 59.4 Å². The highest BCUT2D eigenvalue weighted by Crippen LogP contribution is 2.51. The lowest BCUT2D eigenvalue weighted by atomic mass is 9.89. The van der Waals surface area contributed by atoms with Gasteiger partial charge in [-0.05, 0) is 83.9 Å². The summed E-state index contributed by atoms with van der Waals surface area (Å²) in [6.07, 6.45) is -6.94. The molecule has 0 fully saturated rings. The molecule has 0 amide bonds. The first-order valence-electron chi connectivity index (χ1n) is 22.9. The van der Waals surface area contributed by atoms with Crippen molar-refractivity contribution >= 4 is 43.6 Å². The van der Waals surface area contributed by atoms with E-state index in [9.17, 15) is 5.26 Å². The molecule has 0 spiro atoms. The first-order valence-corrected chi connectivity index (χ1v) is 22.9. The van der Waals surface area contributed by atoms with Crippen LogP contribution in [0.25, 0.3) is 111 Å². The second kappa shape index (κ2) is 17.0. The zero-order valence-electron chi connectivity index (χ0n) is 37.7. The molecule has 4 aromatic heterocycles. The van der Waals surface area contributed by atoms with Gasteiger partial charge in [0.2, 0.25) is 0 Å². The van der Waals surface area contributed by atoms with Crippen LogP contribution in [0.2, 0.25) is 0 Å². The number of halogens is 6. The molecular formula is C61H35F6N5. The number of aromatic nitrogens is 4. The molecule has 12 rings (SSSR count). The molecule has 5 nitrogen and oxygen atoms in total. The van der Waals surface area contributed by atoms with Crippen molar-refractivity contribution in [2.24, 2.45) is 0 Å². The number of alkyl halides is 6. The second-order valence-corrected chi connectivity index (χ2v) is 17.5. The molecule has 4 heterocycles. The summed E-state index contributed by atoms with van der Waals surface area (Å²) < 4.78 is 97.1. The van der Waals surface area contributed by atoms with Crippen LogP contribution < -0.4 is 0 Å². The van der Waals surface area contributed by atoms with Gasteiger partial charge in [-0.1, -0.05) is 127 Å². The van der Waals surface area contributed by atoms with Crippen LogP contribution in [0, 0.1) is 11.3 Å². The maximum absolute atomic E-state index is 15.6. The predicted octanol–water partition coefficient (Wildman–Crippen LogP) is 16.9. The van der Waals surface area contributed by atoms with E-state index in [4.69, 9.17) is 9.97 Å². The molecule has 0 saturated heterocycles. The van der Waals surface area contributed by atoms with Gasteiger partial charge in [0, 0.05) is 67.3 Å². The Kier molecular flexibility index (Phi) is 10.4. The number of nitrogens with zero attached hydrogens (tertiary/aromatic N) is 5. The van der Waals surface area contributed by atoms with E-state index in [1.165, 1.54) is 12.1 Å². The fraction of sp³-hybridized carbons (Fsp3) is 0.0328. The molecule has 11 heteroatoms. The van der Waals surface area contributed by atoms with Gasteiger partial charge in [0.15, 0.2) is 0 Å². The number of hydrogen-bond donors (Lipinski definition) is 0. The highest BCUT2D eigenvalue weighted by molar-refractivity contribution is 6.13. The number of benzene rings is 8. The Morgan fingerprint density at radius 1 is 0.361 bits per heavy atom. The Balaban J connectivity index is 1.14. The average Bonchev–Trinajstić information content (AvgIpc) is 3.92. The van der Waals surface area contributed by atoms with Crippen LogP contribution in [0.15, 0.2) is 213 Å². The highest BCUT2D eigenvalue weighted by atomic mass is 19.4. The van der Waals surface area contributed by atoms with Crippen LogP contribution in [0.1, 0.15) is 16.7 Å². The van der Waals surface area contributed by atoms with Crippen LogP contribution in [0.3, 0.4) is 0 Å². The molecule has 8 aromatic carbocycles. The van der Waals surface area contributed by atoms with Gasteiger partial charge in [-0.25, -0.2) is 0 Å². The van der Waals surface area contributed by atoms with Crippen molar-refractivity contribution < 1.29 is 26.3 Å². The zero-order chi connectivity index (χ0) is 49.3. The molecule has 0 N–H and O–H groups in total. The number of hydrogen-bond acceptors (Lipinski definition) is 3. The van der Waals surface area contributed by atoms with Crippen LogP contribution in [0.4, 0.5) is 26.3 Å². The van der Waals surface area contributed by atoms with E-state index < -0.39 is 29.0 Å². The van der Waals surface area contributed by atoms with Gasteiger partial charge in [0.25, 0.3) is 0 Å². The first kappa shape index (κ1) is 44.0. The Hall–Kier alpha value is -9.27. The highest BCUT2D eigenvalue weighted by Gasteiger charge is 2.43. The van der Waals surface area contributed by atoms with Crippen LogP contribution in [-0.2, 0) is 12.4 Å². The summed E-state index contributed by atoms with van der Waals surface area (Å²) >= 11 is 0. The molecule has 0 aliphatic carbocycles. The zero-order valence-corrected chi connectivity index (χ0v) is 37.7. The molecule has 0 radical (unpaired) electrons. The Labute approximate surface area is 407 Å². The van der Waals surface area contributed by atoms with E-state index in [1.807, 2.05) is 146 Å². The summed E-state index contributed by atoms with van der Waals surface area (Å²) in [5, 5.41) is 13.6. The van der Waals surface area contributed by atoms with Crippen molar-refractivity contribution in [3.63, 3.8) is 0 Å². The minimum atomic E-state index is -5.24. The SMILES string of the molecule is N#Cc1cc(-n2c3ccccc3c3cc(-c4ccc(-c5ccccc5)nc4)ccc32)c(-c2c(C(F)(F)F)cccc2C(F)(F)F)c(-n2c3ccccc3c3cc(-c4ccc(-c5ccccc5)nc4)ccc32)c1. The molecule has 0 bridgehead atoms. The standard InChI is InChI=1S/C61H35F6N5/c62-60(63,64)48-18-11-19-49(61(65,66)67)58(48)59-56(71-52-20-9-7-16-44(52)46-32-40(24-28-54(46)71)42-22-26-50(69-35-42)38-12-3-1-4-13-38)30-37(34-68)31-57(59)72-53-21-10-8-17-45(53)47-33-41(25-29-55(47)72)43-23-27-51(70-36-43)39-14-5-2-6-15-39/h1-33,35-36H. The van der Waals surface area contributed by atoms with Gasteiger partial charge in [0.05, 0.1) is 67.6 Å². The molecule has 0 aliphatic heterocycles. The van der Waals surface area contributed by atoms with Crippen LogP contribution in [-0.4, -0.2) is 19.1 Å². The van der Waals surface area contributed by atoms with Crippen LogP contribution >= 0.6 is 0 Å². The van der Waals surface area contributed by atoms with Gasteiger partial charge in [-0.15, -0.1) is 0 Å². The lowest BCUT2D eigenvalue weighted by molar-refractivity contribution is -0.142. The van der Waals surface area contributed by atoms with E-state index >= 15 is 26.3 Å². The van der Waals surface area contributed by atoms with Gasteiger partial charge < -0.3 is 9.13 Å². The van der Waals surface area contributed by atoms with Crippen molar-refractivity contribution in [2.75, 3.05) is 0 Å². The number of fused-ring (bicyclic) bond motifs is 6. The monoisotopic (exact) mass is 951 g/mol. The lowest BCUT2D eigenvalue weighted by Gasteiger charge is -2.25.